The Morgan fingerprint density at radius 3 is 2.55 bits per heavy atom. The number of aromatic carboxylic acids is 1. The second-order valence-electron chi connectivity index (χ2n) is 3.93. The molecule has 0 aliphatic carbocycles. The summed E-state index contributed by atoms with van der Waals surface area (Å²) < 4.78 is 37.7. The van der Waals surface area contributed by atoms with Gasteiger partial charge in [0.25, 0.3) is 0 Å². The highest BCUT2D eigenvalue weighted by Gasteiger charge is 2.31. The lowest BCUT2D eigenvalue weighted by molar-refractivity contribution is -0.137. The predicted molar refractivity (Wildman–Crippen MR) is 65.9 cm³/mol. The van der Waals surface area contributed by atoms with Crippen LogP contribution in [0.15, 0.2) is 42.7 Å². The van der Waals surface area contributed by atoms with Gasteiger partial charge in [-0.05, 0) is 30.3 Å². The van der Waals surface area contributed by atoms with E-state index in [0.29, 0.717) is 11.8 Å². The van der Waals surface area contributed by atoms with Gasteiger partial charge in [-0.1, -0.05) is 0 Å². The molecule has 104 valence electrons. The van der Waals surface area contributed by atoms with Gasteiger partial charge in [0.15, 0.2) is 0 Å². The molecule has 0 saturated carbocycles. The summed E-state index contributed by atoms with van der Waals surface area (Å²) in [6, 6.07) is 5.74. The fourth-order valence-corrected chi connectivity index (χ4v) is 1.60. The number of benzene rings is 1. The zero-order chi connectivity index (χ0) is 14.8. The molecule has 0 amide bonds. The molecule has 0 aliphatic rings. The van der Waals surface area contributed by atoms with E-state index >= 15 is 0 Å². The van der Waals surface area contributed by atoms with Crippen molar-refractivity contribution < 1.29 is 23.1 Å². The number of hydrogen-bond acceptors (Lipinski definition) is 3. The van der Waals surface area contributed by atoms with Gasteiger partial charge in [-0.15, -0.1) is 0 Å². The van der Waals surface area contributed by atoms with Crippen LogP contribution in [0.4, 0.5) is 24.5 Å². The van der Waals surface area contributed by atoms with Crippen molar-refractivity contribution in [3.05, 3.63) is 53.9 Å². The number of anilines is 2. The van der Waals surface area contributed by atoms with E-state index in [0.717, 1.165) is 12.1 Å². The fraction of sp³-hybridized carbons (Fsp3) is 0.0769. The number of carboxylic acids is 1. The van der Waals surface area contributed by atoms with Crippen LogP contribution in [-0.2, 0) is 6.18 Å². The molecule has 0 saturated heterocycles. The first-order valence-corrected chi connectivity index (χ1v) is 5.49. The number of rotatable bonds is 3. The largest absolute Gasteiger partial charge is 0.478 e. The minimum absolute atomic E-state index is 0.0681. The van der Waals surface area contributed by atoms with Crippen LogP contribution in [0.5, 0.6) is 0 Å². The first-order valence-electron chi connectivity index (χ1n) is 5.49. The van der Waals surface area contributed by atoms with Gasteiger partial charge in [0.2, 0.25) is 0 Å². The molecular weight excluding hydrogens is 273 g/mol. The molecule has 1 aromatic heterocycles. The summed E-state index contributed by atoms with van der Waals surface area (Å²) in [5, 5.41) is 11.7. The van der Waals surface area contributed by atoms with E-state index in [9.17, 15) is 18.0 Å². The molecular formula is C13H9F3N2O2. The van der Waals surface area contributed by atoms with Crippen LogP contribution in [0.3, 0.4) is 0 Å². The Morgan fingerprint density at radius 2 is 2.00 bits per heavy atom. The Balaban J connectivity index is 2.41. The van der Waals surface area contributed by atoms with Crippen molar-refractivity contribution in [2.24, 2.45) is 0 Å². The summed E-state index contributed by atoms with van der Waals surface area (Å²) in [6.45, 7) is 0. The molecule has 0 atom stereocenters. The number of aromatic nitrogens is 1. The topological polar surface area (TPSA) is 62.2 Å². The number of pyridine rings is 1. The highest BCUT2D eigenvalue weighted by Crippen LogP contribution is 2.32. The number of carbonyl (C=O) groups is 1. The number of halogens is 3. The molecule has 0 spiro atoms. The summed E-state index contributed by atoms with van der Waals surface area (Å²) in [6.07, 6.45) is -1.63. The number of nitrogens with zero attached hydrogens (tertiary/aromatic N) is 1. The molecule has 4 nitrogen and oxygen atoms in total. The van der Waals surface area contributed by atoms with Crippen molar-refractivity contribution in [1.82, 2.24) is 4.98 Å². The van der Waals surface area contributed by atoms with Gasteiger partial charge in [-0.3, -0.25) is 4.98 Å². The maximum atomic E-state index is 12.6. The lowest BCUT2D eigenvalue weighted by Gasteiger charge is -2.12. The molecule has 20 heavy (non-hydrogen) atoms. The molecule has 1 heterocycles. The van der Waals surface area contributed by atoms with E-state index in [1.54, 1.807) is 12.1 Å². The van der Waals surface area contributed by atoms with Crippen LogP contribution in [0.2, 0.25) is 0 Å². The van der Waals surface area contributed by atoms with Crippen molar-refractivity contribution in [2.75, 3.05) is 5.32 Å². The van der Waals surface area contributed by atoms with Gasteiger partial charge < -0.3 is 10.4 Å². The maximum Gasteiger partial charge on any atom is 0.416 e. The van der Waals surface area contributed by atoms with Crippen molar-refractivity contribution in [3.63, 3.8) is 0 Å². The van der Waals surface area contributed by atoms with Gasteiger partial charge >= 0.3 is 12.1 Å². The van der Waals surface area contributed by atoms with E-state index in [1.165, 1.54) is 12.4 Å². The maximum absolute atomic E-state index is 12.6. The van der Waals surface area contributed by atoms with E-state index in [1.807, 2.05) is 0 Å². The third-order valence-electron chi connectivity index (χ3n) is 2.52. The van der Waals surface area contributed by atoms with Crippen molar-refractivity contribution in [2.45, 2.75) is 6.18 Å². The summed E-state index contributed by atoms with van der Waals surface area (Å²) in [5.74, 6) is -1.44. The van der Waals surface area contributed by atoms with E-state index in [-0.39, 0.29) is 5.69 Å². The molecule has 0 radical (unpaired) electrons. The Bertz CT molecular complexity index is 627. The van der Waals surface area contributed by atoms with Gasteiger partial charge in [-0.25, -0.2) is 4.79 Å². The third-order valence-corrected chi connectivity index (χ3v) is 2.52. The zero-order valence-electron chi connectivity index (χ0n) is 9.98. The van der Waals surface area contributed by atoms with Crippen LogP contribution in [0, 0.1) is 0 Å². The lowest BCUT2D eigenvalue weighted by Crippen LogP contribution is -2.09. The van der Waals surface area contributed by atoms with Crippen LogP contribution in [0.1, 0.15) is 15.9 Å². The normalized spacial score (nSPS) is 11.2. The van der Waals surface area contributed by atoms with Crippen molar-refractivity contribution in [1.29, 1.82) is 0 Å². The third kappa shape index (κ3) is 3.05. The van der Waals surface area contributed by atoms with Crippen molar-refractivity contribution >= 4 is 17.3 Å². The van der Waals surface area contributed by atoms with Gasteiger partial charge in [-0.2, -0.15) is 13.2 Å². The van der Waals surface area contributed by atoms with Gasteiger partial charge in [0.05, 0.1) is 28.7 Å². The van der Waals surface area contributed by atoms with Crippen LogP contribution < -0.4 is 5.32 Å². The van der Waals surface area contributed by atoms with Crippen LogP contribution >= 0.6 is 0 Å². The molecule has 1 aromatic carbocycles. The lowest BCUT2D eigenvalue weighted by atomic mass is 10.1. The van der Waals surface area contributed by atoms with Crippen LogP contribution in [-0.4, -0.2) is 16.1 Å². The average Bonchev–Trinajstić information content (AvgIpc) is 2.38. The quantitative estimate of drug-likeness (QED) is 0.903. The number of carboxylic acid groups (broad SMARTS) is 1. The highest BCUT2D eigenvalue weighted by atomic mass is 19.4. The second-order valence-corrected chi connectivity index (χ2v) is 3.93. The molecule has 0 aliphatic heterocycles. The number of nitrogens with one attached hydrogen (secondary N) is 1. The Labute approximate surface area is 111 Å². The van der Waals surface area contributed by atoms with Crippen LogP contribution in [0.25, 0.3) is 0 Å². The summed E-state index contributed by atoms with van der Waals surface area (Å²) in [5.41, 5.74) is -0.913. The fourth-order valence-electron chi connectivity index (χ4n) is 1.60. The number of hydrogen-bond donors (Lipinski definition) is 2. The zero-order valence-corrected chi connectivity index (χ0v) is 9.98. The minimum atomic E-state index is -4.59. The molecule has 0 unspecified atom stereocenters. The summed E-state index contributed by atoms with van der Waals surface area (Å²) >= 11 is 0. The molecule has 2 rings (SSSR count). The first-order chi connectivity index (χ1) is 9.38. The highest BCUT2D eigenvalue weighted by molar-refractivity contribution is 5.95. The monoisotopic (exact) mass is 282 g/mol. The Morgan fingerprint density at radius 1 is 1.25 bits per heavy atom. The summed E-state index contributed by atoms with van der Waals surface area (Å²) in [7, 11) is 0. The summed E-state index contributed by atoms with van der Waals surface area (Å²) in [4.78, 5) is 14.9. The van der Waals surface area contributed by atoms with E-state index < -0.39 is 23.3 Å². The SMILES string of the molecule is O=C(O)c1cc(C(F)(F)F)ccc1Nc1cccnc1. The molecule has 0 fully saturated rings. The molecule has 7 heteroatoms. The average molecular weight is 282 g/mol. The first kappa shape index (κ1) is 13.9. The predicted octanol–water partition coefficient (Wildman–Crippen LogP) is 3.54. The van der Waals surface area contributed by atoms with E-state index in [4.69, 9.17) is 5.11 Å². The Kier molecular flexibility index (Phi) is 3.60. The van der Waals surface area contributed by atoms with Gasteiger partial charge in [0.1, 0.15) is 0 Å². The van der Waals surface area contributed by atoms with Gasteiger partial charge in [0, 0.05) is 6.20 Å². The minimum Gasteiger partial charge on any atom is -0.478 e. The Hall–Kier alpha value is -2.57. The number of alkyl halides is 3. The molecule has 2 N–H and O–H groups in total. The molecule has 2 aromatic rings. The standard InChI is InChI=1S/C13H9F3N2O2/c14-13(15,16)8-3-4-11(10(6-8)12(19)20)18-9-2-1-5-17-7-9/h1-7,18H,(H,19,20). The van der Waals surface area contributed by atoms with E-state index in [2.05, 4.69) is 10.3 Å². The smallest absolute Gasteiger partial charge is 0.416 e. The van der Waals surface area contributed by atoms with Crippen molar-refractivity contribution in [3.8, 4) is 0 Å². The second kappa shape index (κ2) is 5.20. The molecule has 0 bridgehead atoms.